The number of likely N-dealkylation sites (tertiary alicyclic amines) is 1. The van der Waals surface area contributed by atoms with Gasteiger partial charge < -0.3 is 26.2 Å². The number of nitrogens with zero attached hydrogens (tertiary/aromatic N) is 2. The van der Waals surface area contributed by atoms with E-state index >= 15 is 0 Å². The Kier molecular flexibility index (Phi) is 5.17. The van der Waals surface area contributed by atoms with Gasteiger partial charge in [-0.25, -0.2) is 0 Å². The van der Waals surface area contributed by atoms with Crippen molar-refractivity contribution in [1.29, 1.82) is 5.26 Å². The molecule has 35 heavy (non-hydrogen) atoms. The van der Waals surface area contributed by atoms with E-state index in [1.54, 1.807) is 29.2 Å². The summed E-state index contributed by atoms with van der Waals surface area (Å²) in [6, 6.07) is 7.31. The SMILES string of the molecule is N#C[C@@H]1CC2CC2N1C(=O)[C@@H](N)C12CC3C[C@H](CC(OC(=O)[C@@H](N)Cc4ccc(O)cc4)(C3)C1)C2. The van der Waals surface area contributed by atoms with Crippen LogP contribution in [-0.2, 0) is 20.7 Å². The lowest BCUT2D eigenvalue weighted by Crippen LogP contribution is -2.66. The van der Waals surface area contributed by atoms with E-state index in [2.05, 4.69) is 6.07 Å². The largest absolute Gasteiger partial charge is 0.508 e. The number of esters is 1. The van der Waals surface area contributed by atoms with Crippen LogP contribution in [0.25, 0.3) is 0 Å². The molecule has 5 N–H and O–H groups in total. The van der Waals surface area contributed by atoms with Crippen LogP contribution in [0.4, 0.5) is 0 Å². The van der Waals surface area contributed by atoms with E-state index in [1.807, 2.05) is 0 Å². The molecule has 0 aromatic heterocycles. The molecule has 5 aliphatic carbocycles. The third-order valence-corrected chi connectivity index (χ3v) is 9.50. The molecule has 1 aliphatic heterocycles. The molecule has 4 bridgehead atoms. The lowest BCUT2D eigenvalue weighted by Gasteiger charge is -2.62. The molecule has 1 saturated heterocycles. The Morgan fingerprint density at radius 2 is 1.80 bits per heavy atom. The van der Waals surface area contributed by atoms with E-state index in [9.17, 15) is 20.0 Å². The highest BCUT2D eigenvalue weighted by atomic mass is 16.6. The van der Waals surface area contributed by atoms with E-state index in [0.717, 1.165) is 50.5 Å². The molecule has 1 heterocycles. The van der Waals surface area contributed by atoms with Crippen LogP contribution in [0.2, 0.25) is 0 Å². The quantitative estimate of drug-likeness (QED) is 0.531. The number of piperidine rings is 1. The molecule has 6 fully saturated rings. The summed E-state index contributed by atoms with van der Waals surface area (Å²) in [5.74, 6) is 0.885. The molecular formula is C27H34N4O4. The van der Waals surface area contributed by atoms with Crippen LogP contribution in [0.3, 0.4) is 0 Å². The first-order valence-corrected chi connectivity index (χ1v) is 12.9. The third kappa shape index (κ3) is 3.80. The van der Waals surface area contributed by atoms with E-state index in [0.29, 0.717) is 30.6 Å². The van der Waals surface area contributed by atoms with Crippen molar-refractivity contribution in [2.75, 3.05) is 0 Å². The number of carbonyl (C=O) groups is 2. The van der Waals surface area contributed by atoms with Crippen LogP contribution in [-0.4, -0.2) is 51.7 Å². The molecular weight excluding hydrogens is 444 g/mol. The van der Waals surface area contributed by atoms with Crippen LogP contribution < -0.4 is 11.5 Å². The van der Waals surface area contributed by atoms with Crippen LogP contribution >= 0.6 is 0 Å². The number of phenolic OH excluding ortho intramolecular Hbond substituents is 1. The standard InChI is InChI=1S/C27H34N4O4/c28-13-19-7-18-8-22(18)31(19)24(33)23(30)26-9-16-5-17(10-26)12-27(11-16,14-26)35-25(34)21(29)6-15-1-3-20(32)4-2-15/h1-4,16-19,21-23,32H,5-12,14,29-30H2/t16-,17?,18?,19-,21-,22?,23+,26?,27?/m0/s1. The van der Waals surface area contributed by atoms with Crippen molar-refractivity contribution in [2.24, 2.45) is 34.6 Å². The number of ether oxygens (including phenoxy) is 1. The monoisotopic (exact) mass is 478 g/mol. The first-order valence-electron chi connectivity index (χ1n) is 12.9. The minimum atomic E-state index is -0.799. The second kappa shape index (κ2) is 7.94. The average Bonchev–Trinajstić information content (AvgIpc) is 3.47. The normalized spacial score (nSPS) is 40.0. The summed E-state index contributed by atoms with van der Waals surface area (Å²) < 4.78 is 6.21. The molecule has 9 atom stereocenters. The fourth-order valence-corrected chi connectivity index (χ4v) is 8.30. The minimum absolute atomic E-state index is 0.0889. The summed E-state index contributed by atoms with van der Waals surface area (Å²) in [6.45, 7) is 0. The first kappa shape index (κ1) is 22.8. The minimum Gasteiger partial charge on any atom is -0.508 e. The number of nitriles is 1. The Balaban J connectivity index is 1.18. The molecule has 6 aliphatic rings. The van der Waals surface area contributed by atoms with Gasteiger partial charge in [-0.05, 0) is 98.7 Å². The van der Waals surface area contributed by atoms with E-state index in [1.165, 1.54) is 0 Å². The second-order valence-corrected chi connectivity index (χ2v) is 12.1. The molecule has 0 radical (unpaired) electrons. The Hall–Kier alpha value is -2.63. The molecule has 8 heteroatoms. The molecule has 8 nitrogen and oxygen atoms in total. The van der Waals surface area contributed by atoms with Gasteiger partial charge in [-0.3, -0.25) is 9.59 Å². The van der Waals surface area contributed by atoms with Gasteiger partial charge in [0.25, 0.3) is 0 Å². The van der Waals surface area contributed by atoms with E-state index in [4.69, 9.17) is 16.2 Å². The summed E-state index contributed by atoms with van der Waals surface area (Å²) in [4.78, 5) is 28.5. The van der Waals surface area contributed by atoms with Gasteiger partial charge in [-0.15, -0.1) is 0 Å². The highest BCUT2D eigenvalue weighted by Crippen LogP contribution is 2.64. The van der Waals surface area contributed by atoms with Crippen molar-refractivity contribution >= 4 is 11.9 Å². The van der Waals surface area contributed by atoms with Gasteiger partial charge in [0.15, 0.2) is 0 Å². The predicted octanol–water partition coefficient (Wildman–Crippen LogP) is 1.98. The lowest BCUT2D eigenvalue weighted by molar-refractivity contribution is -0.207. The number of carbonyl (C=O) groups excluding carboxylic acids is 2. The summed E-state index contributed by atoms with van der Waals surface area (Å²) in [6.07, 6.45) is 7.14. The molecule has 1 aromatic carbocycles. The van der Waals surface area contributed by atoms with E-state index in [-0.39, 0.29) is 23.7 Å². The fourth-order valence-electron chi connectivity index (χ4n) is 8.30. The van der Waals surface area contributed by atoms with Crippen molar-refractivity contribution < 1.29 is 19.4 Å². The number of nitrogens with two attached hydrogens (primary N) is 2. The summed E-state index contributed by atoms with van der Waals surface area (Å²) in [5.41, 5.74) is 12.9. The zero-order valence-electron chi connectivity index (χ0n) is 19.9. The third-order valence-electron chi connectivity index (χ3n) is 9.50. The number of fused-ring (bicyclic) bond motifs is 1. The van der Waals surface area contributed by atoms with Gasteiger partial charge in [0, 0.05) is 6.04 Å². The molecule has 1 amide bonds. The number of hydrogen-bond acceptors (Lipinski definition) is 7. The summed E-state index contributed by atoms with van der Waals surface area (Å²) in [5, 5.41) is 19.1. The second-order valence-electron chi connectivity index (χ2n) is 12.1. The van der Waals surface area contributed by atoms with E-state index < -0.39 is 29.1 Å². The molecule has 186 valence electrons. The number of benzene rings is 1. The van der Waals surface area contributed by atoms with Crippen molar-refractivity contribution in [2.45, 2.75) is 87.6 Å². The van der Waals surface area contributed by atoms with Gasteiger partial charge in [-0.2, -0.15) is 5.26 Å². The van der Waals surface area contributed by atoms with Gasteiger partial charge in [-0.1, -0.05) is 12.1 Å². The maximum atomic E-state index is 13.6. The van der Waals surface area contributed by atoms with Crippen LogP contribution in [0.5, 0.6) is 5.75 Å². The van der Waals surface area contributed by atoms with Crippen molar-refractivity contribution in [1.82, 2.24) is 4.90 Å². The zero-order valence-corrected chi connectivity index (χ0v) is 19.9. The van der Waals surface area contributed by atoms with Crippen LogP contribution in [0.15, 0.2) is 24.3 Å². The van der Waals surface area contributed by atoms with Crippen LogP contribution in [0.1, 0.15) is 56.9 Å². The molecule has 0 spiro atoms. The maximum absolute atomic E-state index is 13.6. The maximum Gasteiger partial charge on any atom is 0.323 e. The highest BCUT2D eigenvalue weighted by Gasteiger charge is 2.64. The molecule has 5 unspecified atom stereocenters. The smallest absolute Gasteiger partial charge is 0.323 e. The Labute approximate surface area is 205 Å². The van der Waals surface area contributed by atoms with Crippen molar-refractivity contribution in [3.05, 3.63) is 29.8 Å². The first-order chi connectivity index (χ1) is 16.7. The predicted molar refractivity (Wildman–Crippen MR) is 126 cm³/mol. The van der Waals surface area contributed by atoms with Gasteiger partial charge in [0.05, 0.1) is 12.1 Å². The Morgan fingerprint density at radius 3 is 2.46 bits per heavy atom. The number of amides is 1. The molecule has 1 aromatic rings. The number of aromatic hydroxyl groups is 1. The Bertz CT molecular complexity index is 1070. The Morgan fingerprint density at radius 1 is 1.11 bits per heavy atom. The number of phenols is 1. The average molecular weight is 479 g/mol. The summed E-state index contributed by atoms with van der Waals surface area (Å²) >= 11 is 0. The number of hydrogen-bond donors (Lipinski definition) is 3. The number of rotatable bonds is 6. The zero-order chi connectivity index (χ0) is 24.5. The topological polar surface area (TPSA) is 143 Å². The highest BCUT2D eigenvalue weighted by molar-refractivity contribution is 5.84. The molecule has 5 saturated carbocycles. The fraction of sp³-hybridized carbons (Fsp3) is 0.667. The van der Waals surface area contributed by atoms with Crippen molar-refractivity contribution in [3.8, 4) is 11.8 Å². The van der Waals surface area contributed by atoms with Gasteiger partial charge in [0.1, 0.15) is 23.4 Å². The van der Waals surface area contributed by atoms with Gasteiger partial charge in [0.2, 0.25) is 5.91 Å². The summed E-state index contributed by atoms with van der Waals surface area (Å²) in [7, 11) is 0. The van der Waals surface area contributed by atoms with Gasteiger partial charge >= 0.3 is 5.97 Å². The molecule has 7 rings (SSSR count). The van der Waals surface area contributed by atoms with Crippen molar-refractivity contribution in [3.63, 3.8) is 0 Å². The lowest BCUT2D eigenvalue weighted by atomic mass is 9.46. The van der Waals surface area contributed by atoms with Crippen LogP contribution in [0, 0.1) is 34.5 Å².